The van der Waals surface area contributed by atoms with Crippen molar-refractivity contribution in [3.63, 3.8) is 0 Å². The molecule has 1 saturated heterocycles. The Morgan fingerprint density at radius 2 is 2.21 bits per heavy atom. The van der Waals surface area contributed by atoms with Gasteiger partial charge in [-0.15, -0.1) is 0 Å². The molecule has 1 N–H and O–H groups in total. The predicted molar refractivity (Wildman–Crippen MR) is 67.8 cm³/mol. The molecule has 1 fully saturated rings. The number of fused-ring (bicyclic) bond motifs is 1. The zero-order chi connectivity index (χ0) is 12.7. The fourth-order valence-corrected chi connectivity index (χ4v) is 2.74. The van der Waals surface area contributed by atoms with Gasteiger partial charge >= 0.3 is 0 Å². The minimum Gasteiger partial charge on any atom is -0.482 e. The van der Waals surface area contributed by atoms with E-state index in [1.54, 1.807) is 0 Å². The van der Waals surface area contributed by atoms with Gasteiger partial charge in [0.1, 0.15) is 5.75 Å². The van der Waals surface area contributed by atoms with Crippen LogP contribution in [-0.4, -0.2) is 16.7 Å². The van der Waals surface area contributed by atoms with E-state index in [2.05, 4.69) is 21.5 Å². The summed E-state index contributed by atoms with van der Waals surface area (Å²) in [6, 6.07) is 8.27. The molecule has 19 heavy (non-hydrogen) atoms. The molecule has 0 aliphatic carbocycles. The van der Waals surface area contributed by atoms with Crippen molar-refractivity contribution in [1.29, 1.82) is 0 Å². The Balaban J connectivity index is 1.55. The lowest BCUT2D eigenvalue weighted by Crippen LogP contribution is -2.13. The molecule has 1 aromatic carbocycles. The van der Waals surface area contributed by atoms with E-state index in [-0.39, 0.29) is 12.1 Å². The second-order valence-electron chi connectivity index (χ2n) is 5.06. The van der Waals surface area contributed by atoms with E-state index in [9.17, 15) is 0 Å². The van der Waals surface area contributed by atoms with Gasteiger partial charge in [0.25, 0.3) is 0 Å². The maximum Gasteiger partial charge on any atom is 0.243 e. The fraction of sp³-hybridized carbons (Fsp3) is 0.429. The van der Waals surface area contributed by atoms with Gasteiger partial charge in [-0.2, -0.15) is 4.98 Å². The van der Waals surface area contributed by atoms with Crippen molar-refractivity contribution in [2.24, 2.45) is 0 Å². The normalized spacial score (nSPS) is 25.3. The third kappa shape index (κ3) is 1.90. The summed E-state index contributed by atoms with van der Waals surface area (Å²) in [7, 11) is 0. The van der Waals surface area contributed by atoms with Crippen LogP contribution >= 0.6 is 0 Å². The van der Waals surface area contributed by atoms with Crippen LogP contribution in [0.4, 0.5) is 0 Å². The number of rotatable bonds is 2. The van der Waals surface area contributed by atoms with Gasteiger partial charge in [0, 0.05) is 6.42 Å². The molecule has 0 saturated carbocycles. The maximum atomic E-state index is 5.86. The first-order valence-electron chi connectivity index (χ1n) is 6.71. The molecule has 1 aromatic heterocycles. The lowest BCUT2D eigenvalue weighted by molar-refractivity contribution is 0.220. The lowest BCUT2D eigenvalue weighted by atomic mass is 10.1. The third-order valence-electron chi connectivity index (χ3n) is 3.75. The Morgan fingerprint density at radius 3 is 3.05 bits per heavy atom. The molecule has 2 atom stereocenters. The van der Waals surface area contributed by atoms with Crippen molar-refractivity contribution < 1.29 is 9.26 Å². The smallest absolute Gasteiger partial charge is 0.243 e. The predicted octanol–water partition coefficient (Wildman–Crippen LogP) is 2.17. The van der Waals surface area contributed by atoms with Crippen molar-refractivity contribution in [3.05, 3.63) is 41.5 Å². The van der Waals surface area contributed by atoms with E-state index >= 15 is 0 Å². The van der Waals surface area contributed by atoms with E-state index in [4.69, 9.17) is 9.26 Å². The quantitative estimate of drug-likeness (QED) is 0.893. The average molecular weight is 257 g/mol. The van der Waals surface area contributed by atoms with E-state index in [0.717, 1.165) is 31.6 Å². The number of ether oxygens (including phenoxy) is 1. The number of nitrogens with zero attached hydrogens (tertiary/aromatic N) is 2. The number of hydrogen-bond acceptors (Lipinski definition) is 5. The molecule has 0 spiro atoms. The summed E-state index contributed by atoms with van der Waals surface area (Å²) in [5.41, 5.74) is 1.21. The molecule has 3 heterocycles. The molecule has 2 aliphatic heterocycles. The highest BCUT2D eigenvalue weighted by atomic mass is 16.5. The Hall–Kier alpha value is -1.88. The lowest BCUT2D eigenvalue weighted by Gasteiger charge is -2.05. The molecule has 2 aliphatic rings. The third-order valence-corrected chi connectivity index (χ3v) is 3.75. The topological polar surface area (TPSA) is 60.2 Å². The molecular weight excluding hydrogens is 242 g/mol. The summed E-state index contributed by atoms with van der Waals surface area (Å²) in [6.45, 7) is 1.02. The monoisotopic (exact) mass is 257 g/mol. The Kier molecular flexibility index (Phi) is 2.51. The largest absolute Gasteiger partial charge is 0.482 e. The highest BCUT2D eigenvalue weighted by Gasteiger charge is 2.30. The number of aromatic nitrogens is 2. The second-order valence-corrected chi connectivity index (χ2v) is 5.06. The van der Waals surface area contributed by atoms with Gasteiger partial charge in [0.05, 0.1) is 6.04 Å². The number of nitrogens with one attached hydrogen (secondary N) is 1. The van der Waals surface area contributed by atoms with Gasteiger partial charge in [-0.25, -0.2) is 0 Å². The number of benzene rings is 1. The fourth-order valence-electron chi connectivity index (χ4n) is 2.74. The van der Waals surface area contributed by atoms with Crippen LogP contribution in [-0.2, 0) is 6.42 Å². The first-order valence-corrected chi connectivity index (χ1v) is 6.71. The molecule has 5 heteroatoms. The first kappa shape index (κ1) is 11.0. The average Bonchev–Trinajstić information content (AvgIpc) is 3.17. The molecule has 2 aromatic rings. The molecule has 5 nitrogen and oxygen atoms in total. The van der Waals surface area contributed by atoms with Crippen LogP contribution in [0.5, 0.6) is 5.75 Å². The summed E-state index contributed by atoms with van der Waals surface area (Å²) in [6.07, 6.45) is 2.92. The van der Waals surface area contributed by atoms with Crippen molar-refractivity contribution in [1.82, 2.24) is 15.5 Å². The van der Waals surface area contributed by atoms with Crippen LogP contribution in [0, 0.1) is 0 Å². The molecule has 0 bridgehead atoms. The van der Waals surface area contributed by atoms with Gasteiger partial charge in [-0.1, -0.05) is 23.4 Å². The number of para-hydroxylation sites is 1. The minimum absolute atomic E-state index is 0.115. The minimum atomic E-state index is -0.115. The molecule has 98 valence electrons. The molecule has 2 unspecified atom stereocenters. The van der Waals surface area contributed by atoms with Gasteiger partial charge < -0.3 is 14.6 Å². The Morgan fingerprint density at radius 1 is 1.26 bits per heavy atom. The van der Waals surface area contributed by atoms with Crippen molar-refractivity contribution in [3.8, 4) is 5.75 Å². The van der Waals surface area contributed by atoms with Gasteiger partial charge in [-0.3, -0.25) is 0 Å². The van der Waals surface area contributed by atoms with Crippen molar-refractivity contribution in [2.75, 3.05) is 6.54 Å². The summed E-state index contributed by atoms with van der Waals surface area (Å²) in [5.74, 6) is 2.27. The summed E-state index contributed by atoms with van der Waals surface area (Å²) in [5, 5.41) is 7.43. The van der Waals surface area contributed by atoms with Crippen LogP contribution in [0.15, 0.2) is 28.8 Å². The van der Waals surface area contributed by atoms with Gasteiger partial charge in [-0.05, 0) is 31.0 Å². The molecule has 4 rings (SSSR count). The number of hydrogen-bond donors (Lipinski definition) is 1. The van der Waals surface area contributed by atoms with E-state index in [1.165, 1.54) is 5.56 Å². The Bertz CT molecular complexity index is 565. The zero-order valence-electron chi connectivity index (χ0n) is 10.5. The molecular formula is C14H15N3O2. The Labute approximate surface area is 111 Å². The van der Waals surface area contributed by atoms with Gasteiger partial charge in [0.15, 0.2) is 6.10 Å². The van der Waals surface area contributed by atoms with Crippen LogP contribution < -0.4 is 10.1 Å². The SMILES string of the molecule is c1ccc2c(c1)CC(c1noc(C3CCCN3)n1)O2. The van der Waals surface area contributed by atoms with Crippen LogP contribution in [0.2, 0.25) is 0 Å². The second kappa shape index (κ2) is 4.35. The van der Waals surface area contributed by atoms with E-state index < -0.39 is 0 Å². The van der Waals surface area contributed by atoms with Crippen LogP contribution in [0.25, 0.3) is 0 Å². The van der Waals surface area contributed by atoms with E-state index in [1.807, 2.05) is 18.2 Å². The van der Waals surface area contributed by atoms with Crippen molar-refractivity contribution >= 4 is 0 Å². The first-order chi connectivity index (χ1) is 9.40. The highest BCUT2D eigenvalue weighted by molar-refractivity contribution is 5.37. The highest BCUT2D eigenvalue weighted by Crippen LogP contribution is 2.35. The van der Waals surface area contributed by atoms with Gasteiger partial charge in [0.2, 0.25) is 11.7 Å². The standard InChI is InChI=1S/C14H15N3O2/c1-2-6-11-9(4-1)8-12(18-11)13-16-14(19-17-13)10-5-3-7-15-10/h1-2,4,6,10,12,15H,3,5,7-8H2. The summed E-state index contributed by atoms with van der Waals surface area (Å²) in [4.78, 5) is 4.49. The summed E-state index contributed by atoms with van der Waals surface area (Å²) >= 11 is 0. The molecule has 0 amide bonds. The summed E-state index contributed by atoms with van der Waals surface area (Å²) < 4.78 is 11.2. The molecule has 0 radical (unpaired) electrons. The van der Waals surface area contributed by atoms with Crippen molar-refractivity contribution in [2.45, 2.75) is 31.4 Å². The van der Waals surface area contributed by atoms with E-state index in [0.29, 0.717) is 11.7 Å². The zero-order valence-corrected chi connectivity index (χ0v) is 10.5. The van der Waals surface area contributed by atoms with Crippen LogP contribution in [0.3, 0.4) is 0 Å². The van der Waals surface area contributed by atoms with Crippen LogP contribution in [0.1, 0.15) is 42.3 Å². The maximum absolute atomic E-state index is 5.86.